The van der Waals surface area contributed by atoms with Crippen molar-refractivity contribution in [1.29, 1.82) is 5.26 Å². The summed E-state index contributed by atoms with van der Waals surface area (Å²) in [6.07, 6.45) is 6.82. The van der Waals surface area contributed by atoms with Crippen LogP contribution in [0.3, 0.4) is 0 Å². The van der Waals surface area contributed by atoms with Gasteiger partial charge in [-0.05, 0) is 63.6 Å². The SMILES string of the molecule is COC1CCC(C)(N2CCC(n3c(=O)oc4ccc(C#N)cc43)CC2)CC1. The molecule has 0 N–H and O–H groups in total. The Labute approximate surface area is 159 Å². The average Bonchev–Trinajstić information content (AvgIpc) is 3.03. The van der Waals surface area contributed by atoms with Gasteiger partial charge in [-0.3, -0.25) is 9.47 Å². The van der Waals surface area contributed by atoms with Gasteiger partial charge in [0.25, 0.3) is 0 Å². The maximum absolute atomic E-state index is 12.4. The summed E-state index contributed by atoms with van der Waals surface area (Å²) in [7, 11) is 1.81. The highest BCUT2D eigenvalue weighted by Gasteiger charge is 2.38. The van der Waals surface area contributed by atoms with Crippen LogP contribution in [0.5, 0.6) is 0 Å². The number of hydrogen-bond donors (Lipinski definition) is 0. The van der Waals surface area contributed by atoms with Crippen molar-refractivity contribution < 1.29 is 9.15 Å². The Kier molecular flexibility index (Phi) is 4.83. The number of hydrogen-bond acceptors (Lipinski definition) is 5. The van der Waals surface area contributed by atoms with E-state index < -0.39 is 0 Å². The third-order valence-corrected chi connectivity index (χ3v) is 6.68. The lowest BCUT2D eigenvalue weighted by Crippen LogP contribution is -2.52. The second-order valence-corrected chi connectivity index (χ2v) is 8.18. The molecule has 144 valence electrons. The zero-order valence-electron chi connectivity index (χ0n) is 16.1. The highest BCUT2D eigenvalue weighted by Crippen LogP contribution is 2.37. The van der Waals surface area contributed by atoms with Gasteiger partial charge < -0.3 is 9.15 Å². The van der Waals surface area contributed by atoms with Crippen LogP contribution in [0, 0.1) is 11.3 Å². The molecule has 1 saturated carbocycles. The minimum atomic E-state index is -0.314. The molecule has 1 aromatic heterocycles. The van der Waals surface area contributed by atoms with Gasteiger partial charge in [-0.2, -0.15) is 5.26 Å². The predicted molar refractivity (Wildman–Crippen MR) is 103 cm³/mol. The largest absolute Gasteiger partial charge is 0.420 e. The van der Waals surface area contributed by atoms with Gasteiger partial charge in [0.2, 0.25) is 0 Å². The standard InChI is InChI=1S/C21H27N3O3/c1-21(9-5-17(26-2)6-10-21)23-11-7-16(8-12-23)24-18-13-15(14-22)3-4-19(18)27-20(24)25/h3-4,13,16-17H,5-12H2,1-2H3. The molecule has 0 radical (unpaired) electrons. The molecule has 2 aromatic rings. The second kappa shape index (κ2) is 7.14. The van der Waals surface area contributed by atoms with Crippen molar-refractivity contribution in [1.82, 2.24) is 9.47 Å². The normalized spacial score (nSPS) is 27.7. The molecule has 2 heterocycles. The lowest BCUT2D eigenvalue weighted by Gasteiger charge is -2.48. The van der Waals surface area contributed by atoms with Gasteiger partial charge in [0.15, 0.2) is 5.58 Å². The maximum Gasteiger partial charge on any atom is 0.420 e. The zero-order valence-corrected chi connectivity index (χ0v) is 16.1. The number of aromatic nitrogens is 1. The molecule has 6 nitrogen and oxygen atoms in total. The summed E-state index contributed by atoms with van der Waals surface area (Å²) in [5, 5.41) is 9.17. The first-order valence-corrected chi connectivity index (χ1v) is 9.87. The number of nitrogens with zero attached hydrogens (tertiary/aromatic N) is 3. The van der Waals surface area contributed by atoms with Crippen LogP contribution >= 0.6 is 0 Å². The fourth-order valence-corrected chi connectivity index (χ4v) is 4.88. The van der Waals surface area contributed by atoms with E-state index in [1.807, 2.05) is 7.11 Å². The van der Waals surface area contributed by atoms with Crippen molar-refractivity contribution in [3.8, 4) is 6.07 Å². The topological polar surface area (TPSA) is 71.4 Å². The number of ether oxygens (including phenoxy) is 1. The van der Waals surface area contributed by atoms with Crippen molar-refractivity contribution in [2.24, 2.45) is 0 Å². The Hall–Kier alpha value is -2.10. The Balaban J connectivity index is 1.50. The Morgan fingerprint density at radius 3 is 2.56 bits per heavy atom. The summed E-state index contributed by atoms with van der Waals surface area (Å²) in [4.78, 5) is 15.0. The van der Waals surface area contributed by atoms with E-state index in [2.05, 4.69) is 17.9 Å². The van der Waals surface area contributed by atoms with E-state index in [1.54, 1.807) is 22.8 Å². The molecule has 27 heavy (non-hydrogen) atoms. The van der Waals surface area contributed by atoms with Gasteiger partial charge in [0.05, 0.1) is 23.3 Å². The van der Waals surface area contributed by atoms with Crippen LogP contribution in [0.1, 0.15) is 57.1 Å². The van der Waals surface area contributed by atoms with Crippen molar-refractivity contribution in [2.45, 2.75) is 63.1 Å². The van der Waals surface area contributed by atoms with E-state index in [9.17, 15) is 4.79 Å². The van der Waals surface area contributed by atoms with Gasteiger partial charge in [-0.25, -0.2) is 4.79 Å². The molecule has 0 unspecified atom stereocenters. The first kappa shape index (κ1) is 18.3. The van der Waals surface area contributed by atoms with E-state index in [-0.39, 0.29) is 17.3 Å². The molecule has 0 atom stereocenters. The van der Waals surface area contributed by atoms with E-state index in [4.69, 9.17) is 14.4 Å². The number of rotatable bonds is 3. The molecule has 2 fully saturated rings. The quantitative estimate of drug-likeness (QED) is 0.829. The van der Waals surface area contributed by atoms with Crippen LogP contribution in [-0.4, -0.2) is 41.3 Å². The van der Waals surface area contributed by atoms with Crippen LogP contribution in [0.25, 0.3) is 11.1 Å². The molecular formula is C21H27N3O3. The van der Waals surface area contributed by atoms with Crippen LogP contribution < -0.4 is 5.76 Å². The van der Waals surface area contributed by atoms with Gasteiger partial charge in [0, 0.05) is 31.8 Å². The molecule has 0 amide bonds. The molecule has 1 aliphatic heterocycles. The van der Waals surface area contributed by atoms with Crippen molar-refractivity contribution in [3.63, 3.8) is 0 Å². The smallest absolute Gasteiger partial charge is 0.408 e. The molecule has 0 bridgehead atoms. The second-order valence-electron chi connectivity index (χ2n) is 8.18. The summed E-state index contributed by atoms with van der Waals surface area (Å²) in [6, 6.07) is 7.45. The summed E-state index contributed by atoms with van der Waals surface area (Å²) < 4.78 is 12.7. The Bertz CT molecular complexity index is 907. The number of likely N-dealkylation sites (tertiary alicyclic amines) is 1. The van der Waals surface area contributed by atoms with Crippen molar-refractivity contribution in [3.05, 3.63) is 34.3 Å². The summed E-state index contributed by atoms with van der Waals surface area (Å²) in [6.45, 7) is 4.34. The van der Waals surface area contributed by atoms with Crippen molar-refractivity contribution in [2.75, 3.05) is 20.2 Å². The van der Waals surface area contributed by atoms with E-state index in [1.165, 1.54) is 0 Å². The third kappa shape index (κ3) is 3.30. The third-order valence-electron chi connectivity index (χ3n) is 6.68. The minimum Gasteiger partial charge on any atom is -0.408 e. The Morgan fingerprint density at radius 1 is 1.22 bits per heavy atom. The van der Waals surface area contributed by atoms with Gasteiger partial charge in [-0.15, -0.1) is 0 Å². The number of nitriles is 1. The van der Waals surface area contributed by atoms with Gasteiger partial charge in [0.1, 0.15) is 0 Å². The van der Waals surface area contributed by atoms with Crippen LogP contribution in [0.15, 0.2) is 27.4 Å². The first-order chi connectivity index (χ1) is 13.0. The molecule has 1 saturated heterocycles. The monoisotopic (exact) mass is 369 g/mol. The Morgan fingerprint density at radius 2 is 1.93 bits per heavy atom. The summed E-state index contributed by atoms with van der Waals surface area (Å²) >= 11 is 0. The highest BCUT2D eigenvalue weighted by molar-refractivity contribution is 5.75. The molecule has 6 heteroatoms. The molecule has 4 rings (SSSR count). The molecular weight excluding hydrogens is 342 g/mol. The van der Waals surface area contributed by atoms with Crippen LogP contribution in [-0.2, 0) is 4.74 Å². The van der Waals surface area contributed by atoms with Gasteiger partial charge >= 0.3 is 5.76 Å². The molecule has 1 aliphatic carbocycles. The number of fused-ring (bicyclic) bond motifs is 1. The van der Waals surface area contributed by atoms with Gasteiger partial charge in [-0.1, -0.05) is 0 Å². The highest BCUT2D eigenvalue weighted by atomic mass is 16.5. The minimum absolute atomic E-state index is 0.128. The molecule has 2 aliphatic rings. The lowest BCUT2D eigenvalue weighted by atomic mass is 9.79. The lowest BCUT2D eigenvalue weighted by molar-refractivity contribution is -0.0147. The number of oxazole rings is 1. The molecule has 0 spiro atoms. The number of methoxy groups -OCH3 is 1. The summed E-state index contributed by atoms with van der Waals surface area (Å²) in [5.41, 5.74) is 2.09. The fourth-order valence-electron chi connectivity index (χ4n) is 4.88. The zero-order chi connectivity index (χ0) is 19.0. The van der Waals surface area contributed by atoms with Crippen LogP contribution in [0.2, 0.25) is 0 Å². The van der Waals surface area contributed by atoms with Crippen molar-refractivity contribution >= 4 is 11.1 Å². The van der Waals surface area contributed by atoms with E-state index in [0.717, 1.165) is 57.1 Å². The first-order valence-electron chi connectivity index (χ1n) is 9.87. The fraction of sp³-hybridized carbons (Fsp3) is 0.619. The average molecular weight is 369 g/mol. The number of benzene rings is 1. The number of piperidine rings is 1. The van der Waals surface area contributed by atoms with Crippen LogP contribution in [0.4, 0.5) is 0 Å². The predicted octanol–water partition coefficient (Wildman–Crippen LogP) is 3.45. The van der Waals surface area contributed by atoms with E-state index >= 15 is 0 Å². The van der Waals surface area contributed by atoms with E-state index in [0.29, 0.717) is 17.3 Å². The maximum atomic E-state index is 12.4. The summed E-state index contributed by atoms with van der Waals surface area (Å²) in [5.74, 6) is -0.314. The molecule has 1 aromatic carbocycles.